The molecule has 0 aliphatic rings. The molecule has 1 unspecified atom stereocenters. The van der Waals surface area contributed by atoms with Gasteiger partial charge < -0.3 is 11.1 Å². The zero-order valence-electron chi connectivity index (χ0n) is 12.4. The number of carbonyl (C=O) groups excluding carboxylic acids is 1. The van der Waals surface area contributed by atoms with E-state index in [1.54, 1.807) is 0 Å². The second kappa shape index (κ2) is 6.71. The number of carbonyl (C=O) groups is 1. The van der Waals surface area contributed by atoms with Crippen molar-refractivity contribution in [2.45, 2.75) is 52.6 Å². The highest BCUT2D eigenvalue weighted by Gasteiger charge is 2.27. The van der Waals surface area contributed by atoms with Gasteiger partial charge in [0.1, 0.15) is 0 Å². The van der Waals surface area contributed by atoms with Crippen LogP contribution in [0.5, 0.6) is 0 Å². The van der Waals surface area contributed by atoms with E-state index in [4.69, 9.17) is 5.73 Å². The van der Waals surface area contributed by atoms with Crippen molar-refractivity contribution in [1.29, 1.82) is 0 Å². The molecule has 3 heteroatoms. The smallest absolute Gasteiger partial charge is 0.237 e. The Labute approximate surface area is 116 Å². The molecule has 0 saturated carbocycles. The molecule has 0 aromatic heterocycles. The average Bonchev–Trinajstić information content (AvgIpc) is 2.35. The summed E-state index contributed by atoms with van der Waals surface area (Å²) >= 11 is 0. The van der Waals surface area contributed by atoms with Crippen molar-refractivity contribution >= 4 is 5.91 Å². The summed E-state index contributed by atoms with van der Waals surface area (Å²) in [6.45, 7) is 7.96. The fraction of sp³-hybridized carbons (Fsp3) is 0.562. The first-order chi connectivity index (χ1) is 8.80. The third-order valence-corrected chi connectivity index (χ3v) is 3.31. The fourth-order valence-electron chi connectivity index (χ4n) is 1.83. The lowest BCUT2D eigenvalue weighted by molar-refractivity contribution is -0.125. The molecule has 0 bridgehead atoms. The van der Waals surface area contributed by atoms with Crippen molar-refractivity contribution in [2.75, 3.05) is 0 Å². The molecule has 0 radical (unpaired) electrons. The third-order valence-electron chi connectivity index (χ3n) is 3.31. The van der Waals surface area contributed by atoms with E-state index in [1.807, 2.05) is 45.9 Å². The fourth-order valence-corrected chi connectivity index (χ4v) is 1.83. The highest BCUT2D eigenvalue weighted by atomic mass is 16.2. The highest BCUT2D eigenvalue weighted by molar-refractivity contribution is 5.82. The van der Waals surface area contributed by atoms with Gasteiger partial charge in [0.05, 0.1) is 6.04 Å². The molecule has 0 saturated heterocycles. The molecule has 0 fully saturated rings. The number of hydrogen-bond acceptors (Lipinski definition) is 2. The van der Waals surface area contributed by atoms with Crippen LogP contribution in [0.25, 0.3) is 0 Å². The third kappa shape index (κ3) is 5.43. The standard InChI is InChI=1S/C16H26N2O/c1-12(10-11-13-8-6-5-7-9-13)18-15(19)14(17)16(2,3)4/h5-9,12,14H,10-11,17H2,1-4H3,(H,18,19)/t12?,14-/m1/s1. The van der Waals surface area contributed by atoms with Gasteiger partial charge in [-0.1, -0.05) is 51.1 Å². The molecular formula is C16H26N2O. The van der Waals surface area contributed by atoms with Crippen molar-refractivity contribution in [2.24, 2.45) is 11.1 Å². The normalized spacial score (nSPS) is 14.8. The van der Waals surface area contributed by atoms with Gasteiger partial charge in [-0.05, 0) is 30.7 Å². The van der Waals surface area contributed by atoms with Crippen LogP contribution in [0.2, 0.25) is 0 Å². The monoisotopic (exact) mass is 262 g/mol. The number of rotatable bonds is 5. The average molecular weight is 262 g/mol. The van der Waals surface area contributed by atoms with E-state index in [2.05, 4.69) is 17.4 Å². The first-order valence-corrected chi connectivity index (χ1v) is 6.90. The lowest BCUT2D eigenvalue weighted by Gasteiger charge is -2.27. The molecule has 0 aliphatic heterocycles. The summed E-state index contributed by atoms with van der Waals surface area (Å²) in [6.07, 6.45) is 1.89. The zero-order valence-corrected chi connectivity index (χ0v) is 12.4. The molecule has 1 amide bonds. The van der Waals surface area contributed by atoms with E-state index < -0.39 is 6.04 Å². The van der Waals surface area contributed by atoms with Gasteiger partial charge in [0, 0.05) is 6.04 Å². The van der Waals surface area contributed by atoms with Gasteiger partial charge in [0.2, 0.25) is 5.91 Å². The Balaban J connectivity index is 2.39. The molecule has 1 rings (SSSR count). The number of nitrogens with one attached hydrogen (secondary N) is 1. The highest BCUT2D eigenvalue weighted by Crippen LogP contribution is 2.17. The second-order valence-corrected chi connectivity index (χ2v) is 6.28. The van der Waals surface area contributed by atoms with Gasteiger partial charge in [-0.25, -0.2) is 0 Å². The summed E-state index contributed by atoms with van der Waals surface area (Å²) < 4.78 is 0. The summed E-state index contributed by atoms with van der Waals surface area (Å²) in [6, 6.07) is 9.97. The van der Waals surface area contributed by atoms with Gasteiger partial charge in [0.25, 0.3) is 0 Å². The number of hydrogen-bond donors (Lipinski definition) is 2. The van der Waals surface area contributed by atoms with Crippen LogP contribution < -0.4 is 11.1 Å². The molecule has 3 nitrogen and oxygen atoms in total. The Bertz CT molecular complexity index is 395. The summed E-state index contributed by atoms with van der Waals surface area (Å²) in [5, 5.41) is 2.99. The molecule has 1 aromatic carbocycles. The first-order valence-electron chi connectivity index (χ1n) is 6.90. The Morgan fingerprint density at radius 3 is 2.37 bits per heavy atom. The number of amides is 1. The molecule has 0 heterocycles. The predicted molar refractivity (Wildman–Crippen MR) is 79.8 cm³/mol. The Kier molecular flexibility index (Phi) is 5.55. The molecule has 0 aliphatic carbocycles. The minimum absolute atomic E-state index is 0.0620. The van der Waals surface area contributed by atoms with E-state index in [0.717, 1.165) is 12.8 Å². The summed E-state index contributed by atoms with van der Waals surface area (Å²) in [4.78, 5) is 12.0. The van der Waals surface area contributed by atoms with E-state index in [9.17, 15) is 4.79 Å². The predicted octanol–water partition coefficient (Wildman–Crippen LogP) is 2.50. The molecule has 2 atom stereocenters. The lowest BCUT2D eigenvalue weighted by atomic mass is 9.87. The second-order valence-electron chi connectivity index (χ2n) is 6.28. The molecule has 19 heavy (non-hydrogen) atoms. The minimum Gasteiger partial charge on any atom is -0.352 e. The summed E-state index contributed by atoms with van der Waals surface area (Å²) in [5.41, 5.74) is 7.03. The van der Waals surface area contributed by atoms with Crippen LogP contribution in [0.15, 0.2) is 30.3 Å². The van der Waals surface area contributed by atoms with Crippen molar-refractivity contribution in [1.82, 2.24) is 5.32 Å². The number of nitrogens with two attached hydrogens (primary N) is 1. The Hall–Kier alpha value is -1.35. The van der Waals surface area contributed by atoms with Crippen molar-refractivity contribution in [3.05, 3.63) is 35.9 Å². The molecule has 3 N–H and O–H groups in total. The maximum absolute atomic E-state index is 12.0. The van der Waals surface area contributed by atoms with Gasteiger partial charge in [0.15, 0.2) is 0 Å². The quantitative estimate of drug-likeness (QED) is 0.856. The summed E-state index contributed by atoms with van der Waals surface area (Å²) in [7, 11) is 0. The van der Waals surface area contributed by atoms with E-state index in [-0.39, 0.29) is 17.4 Å². The van der Waals surface area contributed by atoms with Crippen LogP contribution in [-0.4, -0.2) is 18.0 Å². The molecule has 0 spiro atoms. The largest absolute Gasteiger partial charge is 0.352 e. The molecule has 106 valence electrons. The lowest BCUT2D eigenvalue weighted by Crippen LogP contribution is -2.50. The zero-order chi connectivity index (χ0) is 14.5. The molecular weight excluding hydrogens is 236 g/mol. The van der Waals surface area contributed by atoms with Gasteiger partial charge in [-0.2, -0.15) is 0 Å². The van der Waals surface area contributed by atoms with Crippen LogP contribution in [0, 0.1) is 5.41 Å². The van der Waals surface area contributed by atoms with Crippen LogP contribution in [0.1, 0.15) is 39.7 Å². The number of benzene rings is 1. The van der Waals surface area contributed by atoms with Gasteiger partial charge >= 0.3 is 0 Å². The Morgan fingerprint density at radius 2 is 1.84 bits per heavy atom. The van der Waals surface area contributed by atoms with Crippen LogP contribution in [0.3, 0.4) is 0 Å². The minimum atomic E-state index is -0.466. The van der Waals surface area contributed by atoms with E-state index in [1.165, 1.54) is 5.56 Å². The Morgan fingerprint density at radius 1 is 1.26 bits per heavy atom. The van der Waals surface area contributed by atoms with Gasteiger partial charge in [-0.3, -0.25) is 4.79 Å². The van der Waals surface area contributed by atoms with Crippen LogP contribution in [-0.2, 0) is 11.2 Å². The number of aryl methyl sites for hydroxylation is 1. The van der Waals surface area contributed by atoms with Gasteiger partial charge in [-0.15, -0.1) is 0 Å². The van der Waals surface area contributed by atoms with Crippen LogP contribution >= 0.6 is 0 Å². The van der Waals surface area contributed by atoms with Crippen molar-refractivity contribution < 1.29 is 4.79 Å². The maximum Gasteiger partial charge on any atom is 0.237 e. The van der Waals surface area contributed by atoms with Crippen molar-refractivity contribution in [3.8, 4) is 0 Å². The SMILES string of the molecule is CC(CCc1ccccc1)NC(=O)[C@@H](N)C(C)(C)C. The first kappa shape index (κ1) is 15.7. The maximum atomic E-state index is 12.0. The molecule has 1 aromatic rings. The van der Waals surface area contributed by atoms with Crippen LogP contribution in [0.4, 0.5) is 0 Å². The summed E-state index contributed by atoms with van der Waals surface area (Å²) in [5.74, 6) is -0.0620. The van der Waals surface area contributed by atoms with E-state index in [0.29, 0.717) is 0 Å². The van der Waals surface area contributed by atoms with E-state index >= 15 is 0 Å². The topological polar surface area (TPSA) is 55.1 Å². The van der Waals surface area contributed by atoms with Crippen molar-refractivity contribution in [3.63, 3.8) is 0 Å².